The number of carbonyl (C=O) groups excluding carboxylic acids is 1. The third kappa shape index (κ3) is 8.42. The van der Waals surface area contributed by atoms with Crippen LogP contribution in [0.5, 0.6) is 0 Å². The number of rotatable bonds is 9. The summed E-state index contributed by atoms with van der Waals surface area (Å²) >= 11 is 0. The van der Waals surface area contributed by atoms with Crippen LogP contribution in [0.25, 0.3) is 0 Å². The van der Waals surface area contributed by atoms with Gasteiger partial charge in [0, 0.05) is 17.8 Å². The number of hydrogen-bond acceptors (Lipinski definition) is 4. The molecule has 0 rings (SSSR count). The lowest BCUT2D eigenvalue weighted by atomic mass is 10.1. The van der Waals surface area contributed by atoms with Gasteiger partial charge in [-0.15, -0.1) is 0 Å². The average molecular weight is 243 g/mol. The number of esters is 1. The van der Waals surface area contributed by atoms with E-state index in [1.54, 1.807) is 12.2 Å². The van der Waals surface area contributed by atoms with Gasteiger partial charge in [0.05, 0.1) is 13.5 Å². The summed E-state index contributed by atoms with van der Waals surface area (Å²) in [5, 5.41) is 10.8. The van der Waals surface area contributed by atoms with Crippen LogP contribution in [-0.4, -0.2) is 24.0 Å². The van der Waals surface area contributed by atoms with Crippen molar-refractivity contribution >= 4 is 5.97 Å². The number of carbonyl (C=O) groups is 1. The number of ether oxygens (including phenoxy) is 1. The van der Waals surface area contributed by atoms with E-state index in [4.69, 9.17) is 0 Å². The van der Waals surface area contributed by atoms with Crippen molar-refractivity contribution in [2.45, 2.75) is 51.5 Å². The molecule has 0 saturated carbocycles. The Morgan fingerprint density at radius 2 is 2.12 bits per heavy atom. The standard InChI is InChI=1S/C12H21NO4/c1-3-4-5-8-11(13(15)16)9-6-7-10-12(14)17-2/h6-7,11H,3-5,8-10H2,1-2H3/b7-6+. The SMILES string of the molecule is CCCCCC(C/C=C/CC(=O)OC)[N+](=O)[O-]. The van der Waals surface area contributed by atoms with Gasteiger partial charge in [0.25, 0.3) is 0 Å². The monoisotopic (exact) mass is 243 g/mol. The van der Waals surface area contributed by atoms with Crippen LogP contribution in [0.1, 0.15) is 45.4 Å². The summed E-state index contributed by atoms with van der Waals surface area (Å²) in [5.41, 5.74) is 0. The van der Waals surface area contributed by atoms with Crippen molar-refractivity contribution < 1.29 is 14.5 Å². The maximum absolute atomic E-state index is 10.8. The van der Waals surface area contributed by atoms with E-state index in [1.165, 1.54) is 7.11 Å². The number of hydrogen-bond donors (Lipinski definition) is 0. The van der Waals surface area contributed by atoms with E-state index >= 15 is 0 Å². The summed E-state index contributed by atoms with van der Waals surface area (Å²) in [4.78, 5) is 21.3. The lowest BCUT2D eigenvalue weighted by Crippen LogP contribution is -2.18. The quantitative estimate of drug-likeness (QED) is 0.205. The van der Waals surface area contributed by atoms with E-state index in [0.717, 1.165) is 19.3 Å². The zero-order valence-corrected chi connectivity index (χ0v) is 10.6. The molecular weight excluding hydrogens is 222 g/mol. The number of nitrogens with zero attached hydrogens (tertiary/aromatic N) is 1. The fourth-order valence-corrected chi connectivity index (χ4v) is 1.46. The molecule has 0 aliphatic rings. The van der Waals surface area contributed by atoms with Gasteiger partial charge >= 0.3 is 5.97 Å². The summed E-state index contributed by atoms with van der Waals surface area (Å²) in [6.07, 6.45) is 7.44. The second-order valence-corrected chi connectivity index (χ2v) is 3.92. The Hall–Kier alpha value is -1.39. The molecule has 0 spiro atoms. The van der Waals surface area contributed by atoms with Crippen LogP contribution >= 0.6 is 0 Å². The highest BCUT2D eigenvalue weighted by Crippen LogP contribution is 2.10. The van der Waals surface area contributed by atoms with Crippen LogP contribution < -0.4 is 0 Å². The van der Waals surface area contributed by atoms with E-state index in [2.05, 4.69) is 11.7 Å². The summed E-state index contributed by atoms with van der Waals surface area (Å²) in [6.45, 7) is 2.07. The molecule has 0 radical (unpaired) electrons. The first kappa shape index (κ1) is 15.6. The number of methoxy groups -OCH3 is 1. The van der Waals surface area contributed by atoms with Gasteiger partial charge in [-0.3, -0.25) is 14.9 Å². The van der Waals surface area contributed by atoms with Gasteiger partial charge in [-0.2, -0.15) is 0 Å². The van der Waals surface area contributed by atoms with Crippen molar-refractivity contribution in [3.63, 3.8) is 0 Å². The van der Waals surface area contributed by atoms with Crippen molar-refractivity contribution in [2.75, 3.05) is 7.11 Å². The molecule has 1 atom stereocenters. The lowest BCUT2D eigenvalue weighted by Gasteiger charge is -2.06. The van der Waals surface area contributed by atoms with Gasteiger partial charge in [-0.25, -0.2) is 0 Å². The van der Waals surface area contributed by atoms with Gasteiger partial charge in [0.15, 0.2) is 0 Å². The number of nitro groups is 1. The maximum Gasteiger partial charge on any atom is 0.309 e. The van der Waals surface area contributed by atoms with Crippen molar-refractivity contribution in [1.82, 2.24) is 0 Å². The topological polar surface area (TPSA) is 69.4 Å². The molecule has 5 heteroatoms. The second-order valence-electron chi connectivity index (χ2n) is 3.92. The Morgan fingerprint density at radius 1 is 1.41 bits per heavy atom. The summed E-state index contributed by atoms with van der Waals surface area (Å²) in [5.74, 6) is -0.329. The zero-order valence-electron chi connectivity index (χ0n) is 10.6. The Labute approximate surface area is 102 Å². The van der Waals surface area contributed by atoms with Gasteiger partial charge < -0.3 is 4.74 Å². The van der Waals surface area contributed by atoms with E-state index in [1.807, 2.05) is 0 Å². The van der Waals surface area contributed by atoms with Crippen molar-refractivity contribution in [3.8, 4) is 0 Å². The van der Waals surface area contributed by atoms with E-state index in [9.17, 15) is 14.9 Å². The predicted molar refractivity (Wildman–Crippen MR) is 65.3 cm³/mol. The Kier molecular flexibility index (Phi) is 9.01. The Bertz CT molecular complexity index is 263. The normalized spacial score (nSPS) is 12.6. The molecule has 0 fully saturated rings. The van der Waals surface area contributed by atoms with Crippen molar-refractivity contribution in [3.05, 3.63) is 22.3 Å². The fraction of sp³-hybridized carbons (Fsp3) is 0.750. The molecular formula is C12H21NO4. The minimum absolute atomic E-state index is 0.176. The van der Waals surface area contributed by atoms with Gasteiger partial charge in [-0.1, -0.05) is 31.9 Å². The first-order valence-corrected chi connectivity index (χ1v) is 5.97. The van der Waals surface area contributed by atoms with Crippen LogP contribution in [0, 0.1) is 10.1 Å². The molecule has 0 heterocycles. The highest BCUT2D eigenvalue weighted by molar-refractivity contribution is 5.70. The molecule has 0 aliphatic carbocycles. The van der Waals surface area contributed by atoms with Gasteiger partial charge in [-0.05, 0) is 6.42 Å². The predicted octanol–water partition coefficient (Wildman–Crippen LogP) is 2.72. The van der Waals surface area contributed by atoms with Crippen LogP contribution in [-0.2, 0) is 9.53 Å². The molecule has 0 aromatic rings. The zero-order chi connectivity index (χ0) is 13.1. The number of unbranched alkanes of at least 4 members (excludes halogenated alkanes) is 2. The third-order valence-electron chi connectivity index (χ3n) is 2.53. The largest absolute Gasteiger partial charge is 0.469 e. The van der Waals surface area contributed by atoms with Crippen molar-refractivity contribution in [1.29, 1.82) is 0 Å². The molecule has 0 bridgehead atoms. The summed E-state index contributed by atoms with van der Waals surface area (Å²) < 4.78 is 4.46. The van der Waals surface area contributed by atoms with E-state index in [0.29, 0.717) is 12.8 Å². The molecule has 0 N–H and O–H groups in total. The molecule has 17 heavy (non-hydrogen) atoms. The molecule has 0 aromatic heterocycles. The minimum Gasteiger partial charge on any atom is -0.469 e. The van der Waals surface area contributed by atoms with Crippen LogP contribution in [0.15, 0.2) is 12.2 Å². The molecule has 0 aliphatic heterocycles. The highest BCUT2D eigenvalue weighted by atomic mass is 16.6. The fourth-order valence-electron chi connectivity index (χ4n) is 1.46. The molecule has 98 valence electrons. The first-order valence-electron chi connectivity index (χ1n) is 5.97. The van der Waals surface area contributed by atoms with Gasteiger partial charge in [0.2, 0.25) is 6.04 Å². The Morgan fingerprint density at radius 3 is 2.65 bits per heavy atom. The third-order valence-corrected chi connectivity index (χ3v) is 2.53. The Balaban J connectivity index is 3.91. The molecule has 0 amide bonds. The summed E-state index contributed by atoms with van der Waals surface area (Å²) in [6, 6.07) is -0.532. The van der Waals surface area contributed by atoms with Gasteiger partial charge in [0.1, 0.15) is 0 Å². The smallest absolute Gasteiger partial charge is 0.309 e. The van der Waals surface area contributed by atoms with Crippen LogP contribution in [0.4, 0.5) is 0 Å². The lowest BCUT2D eigenvalue weighted by molar-refractivity contribution is -0.522. The molecule has 1 unspecified atom stereocenters. The first-order chi connectivity index (χ1) is 8.11. The molecule has 0 saturated heterocycles. The van der Waals surface area contributed by atoms with Crippen LogP contribution in [0.3, 0.4) is 0 Å². The average Bonchev–Trinajstić information content (AvgIpc) is 2.31. The van der Waals surface area contributed by atoms with E-state index in [-0.39, 0.29) is 17.3 Å². The van der Waals surface area contributed by atoms with E-state index < -0.39 is 6.04 Å². The highest BCUT2D eigenvalue weighted by Gasteiger charge is 2.17. The van der Waals surface area contributed by atoms with Crippen LogP contribution in [0.2, 0.25) is 0 Å². The second kappa shape index (κ2) is 9.81. The minimum atomic E-state index is -0.532. The summed E-state index contributed by atoms with van der Waals surface area (Å²) in [7, 11) is 1.32. The van der Waals surface area contributed by atoms with Crippen molar-refractivity contribution in [2.24, 2.45) is 0 Å². The molecule has 5 nitrogen and oxygen atoms in total. The maximum atomic E-state index is 10.8. The molecule has 0 aromatic carbocycles.